The van der Waals surface area contributed by atoms with E-state index in [1.807, 2.05) is 30.3 Å². The predicted molar refractivity (Wildman–Crippen MR) is 99.3 cm³/mol. The van der Waals surface area contributed by atoms with Crippen LogP contribution < -0.4 is 15.4 Å². The molecule has 26 heavy (non-hydrogen) atoms. The number of hydrogen-bond donors (Lipinski definition) is 2. The van der Waals surface area contributed by atoms with Crippen LogP contribution in [0.2, 0.25) is 0 Å². The molecule has 0 fully saturated rings. The van der Waals surface area contributed by atoms with Gasteiger partial charge in [0.05, 0.1) is 19.9 Å². The van der Waals surface area contributed by atoms with Crippen molar-refractivity contribution in [2.75, 3.05) is 19.0 Å². The summed E-state index contributed by atoms with van der Waals surface area (Å²) in [5.74, 6) is 1.31. The average molecular weight is 351 g/mol. The Morgan fingerprint density at radius 1 is 1.19 bits per heavy atom. The average Bonchev–Trinajstić information content (AvgIpc) is 3.20. The van der Waals surface area contributed by atoms with Gasteiger partial charge in [-0.2, -0.15) is 0 Å². The van der Waals surface area contributed by atoms with Crippen LogP contribution in [-0.4, -0.2) is 24.5 Å². The van der Waals surface area contributed by atoms with Crippen LogP contribution in [0.15, 0.2) is 65.4 Å². The zero-order valence-corrected chi connectivity index (χ0v) is 14.6. The van der Waals surface area contributed by atoms with Crippen LogP contribution in [0.1, 0.15) is 21.8 Å². The quantitative estimate of drug-likeness (QED) is 0.651. The number of pyridine rings is 1. The molecule has 0 aliphatic carbocycles. The molecule has 2 N–H and O–H groups in total. The second kappa shape index (κ2) is 8.71. The maximum Gasteiger partial charge on any atom is 0.270 e. The van der Waals surface area contributed by atoms with E-state index >= 15 is 0 Å². The number of rotatable bonds is 8. The monoisotopic (exact) mass is 351 g/mol. The second-order valence-corrected chi connectivity index (χ2v) is 5.72. The van der Waals surface area contributed by atoms with E-state index in [2.05, 4.69) is 21.7 Å². The Hall–Kier alpha value is -3.28. The third-order valence-corrected chi connectivity index (χ3v) is 3.87. The Balaban J connectivity index is 1.52. The first kappa shape index (κ1) is 17.5. The maximum absolute atomic E-state index is 12.2. The lowest BCUT2D eigenvalue weighted by atomic mass is 10.1. The van der Waals surface area contributed by atoms with E-state index in [0.717, 1.165) is 24.4 Å². The first-order valence-corrected chi connectivity index (χ1v) is 8.38. The van der Waals surface area contributed by atoms with Crippen molar-refractivity contribution >= 4 is 11.6 Å². The molecular weight excluding hydrogens is 330 g/mol. The molecule has 3 rings (SSSR count). The van der Waals surface area contributed by atoms with Crippen molar-refractivity contribution in [3.05, 3.63) is 78.0 Å². The summed E-state index contributed by atoms with van der Waals surface area (Å²) < 4.78 is 10.4. The third kappa shape index (κ3) is 4.86. The Morgan fingerprint density at radius 3 is 2.92 bits per heavy atom. The molecule has 0 atom stereocenters. The van der Waals surface area contributed by atoms with Crippen molar-refractivity contribution < 1.29 is 13.9 Å². The Labute approximate surface area is 152 Å². The molecule has 0 aliphatic heterocycles. The van der Waals surface area contributed by atoms with E-state index < -0.39 is 0 Å². The minimum atomic E-state index is -0.238. The van der Waals surface area contributed by atoms with Gasteiger partial charge in [0.15, 0.2) is 0 Å². The first-order chi connectivity index (χ1) is 12.7. The van der Waals surface area contributed by atoms with Crippen LogP contribution in [-0.2, 0) is 13.0 Å². The molecule has 0 radical (unpaired) electrons. The molecule has 134 valence electrons. The lowest BCUT2D eigenvalue weighted by molar-refractivity contribution is 0.0943. The van der Waals surface area contributed by atoms with E-state index in [-0.39, 0.29) is 5.91 Å². The highest BCUT2D eigenvalue weighted by Crippen LogP contribution is 2.14. The van der Waals surface area contributed by atoms with Gasteiger partial charge in [0.2, 0.25) is 0 Å². The van der Waals surface area contributed by atoms with Gasteiger partial charge in [-0.3, -0.25) is 9.78 Å². The van der Waals surface area contributed by atoms with Gasteiger partial charge >= 0.3 is 0 Å². The second-order valence-electron chi connectivity index (χ2n) is 5.72. The number of ether oxygens (including phenoxy) is 1. The van der Waals surface area contributed by atoms with Gasteiger partial charge in [-0.15, -0.1) is 0 Å². The summed E-state index contributed by atoms with van der Waals surface area (Å²) in [4.78, 5) is 16.3. The molecule has 0 aliphatic rings. The van der Waals surface area contributed by atoms with Crippen LogP contribution in [0.5, 0.6) is 5.75 Å². The van der Waals surface area contributed by atoms with Crippen molar-refractivity contribution in [1.29, 1.82) is 0 Å². The van der Waals surface area contributed by atoms with Crippen LogP contribution in [0.3, 0.4) is 0 Å². The highest BCUT2D eigenvalue weighted by molar-refractivity contribution is 5.93. The van der Waals surface area contributed by atoms with Crippen LogP contribution in [0, 0.1) is 0 Å². The molecule has 0 spiro atoms. The Bertz CT molecular complexity index is 847. The summed E-state index contributed by atoms with van der Waals surface area (Å²) in [6.07, 6.45) is 4.04. The number of aromatic nitrogens is 1. The molecule has 0 saturated heterocycles. The molecular formula is C20H21N3O3. The molecule has 6 nitrogen and oxygen atoms in total. The van der Waals surface area contributed by atoms with E-state index in [1.165, 1.54) is 5.56 Å². The number of carbonyl (C=O) groups excluding carboxylic acids is 1. The summed E-state index contributed by atoms with van der Waals surface area (Å²) in [5.41, 5.74) is 2.40. The number of nitrogens with one attached hydrogen (secondary N) is 2. The van der Waals surface area contributed by atoms with Crippen molar-refractivity contribution in [3.8, 4) is 5.75 Å². The van der Waals surface area contributed by atoms with Crippen LogP contribution in [0.25, 0.3) is 0 Å². The fourth-order valence-corrected chi connectivity index (χ4v) is 2.51. The standard InChI is InChI=1S/C20H21N3O3/c1-25-17-5-2-4-15(12-17)7-9-21-16-8-10-22-19(13-16)20(24)23-14-18-6-3-11-26-18/h2-6,8,10-13H,7,9,14H2,1H3,(H,21,22)(H,23,24). The predicted octanol–water partition coefficient (Wildman–Crippen LogP) is 3.27. The third-order valence-electron chi connectivity index (χ3n) is 3.87. The summed E-state index contributed by atoms with van der Waals surface area (Å²) >= 11 is 0. The fourth-order valence-electron chi connectivity index (χ4n) is 2.51. The lowest BCUT2D eigenvalue weighted by Crippen LogP contribution is -2.23. The molecule has 2 heterocycles. The van der Waals surface area contributed by atoms with Crippen LogP contribution in [0.4, 0.5) is 5.69 Å². The van der Waals surface area contributed by atoms with E-state index in [1.54, 1.807) is 31.7 Å². The maximum atomic E-state index is 12.2. The number of furan rings is 1. The molecule has 1 aromatic carbocycles. The van der Waals surface area contributed by atoms with Crippen LogP contribution >= 0.6 is 0 Å². The van der Waals surface area contributed by atoms with Crippen molar-refractivity contribution in [2.24, 2.45) is 0 Å². The highest BCUT2D eigenvalue weighted by atomic mass is 16.5. The van der Waals surface area contributed by atoms with E-state index in [4.69, 9.17) is 9.15 Å². The highest BCUT2D eigenvalue weighted by Gasteiger charge is 2.08. The smallest absolute Gasteiger partial charge is 0.270 e. The minimum absolute atomic E-state index is 0.238. The van der Waals surface area contributed by atoms with Gasteiger partial charge in [-0.25, -0.2) is 0 Å². The zero-order chi connectivity index (χ0) is 18.2. The topological polar surface area (TPSA) is 76.4 Å². The minimum Gasteiger partial charge on any atom is -0.497 e. The fraction of sp³-hybridized carbons (Fsp3) is 0.200. The van der Waals surface area contributed by atoms with Gasteiger partial charge in [0.25, 0.3) is 5.91 Å². The number of nitrogens with zero attached hydrogens (tertiary/aromatic N) is 1. The summed E-state index contributed by atoms with van der Waals surface area (Å²) in [6, 6.07) is 15.1. The zero-order valence-electron chi connectivity index (χ0n) is 14.6. The number of hydrogen-bond acceptors (Lipinski definition) is 5. The Morgan fingerprint density at radius 2 is 2.12 bits per heavy atom. The molecule has 6 heteroatoms. The normalized spacial score (nSPS) is 10.3. The lowest BCUT2D eigenvalue weighted by Gasteiger charge is -2.09. The van der Waals surface area contributed by atoms with Crippen molar-refractivity contribution in [2.45, 2.75) is 13.0 Å². The number of methoxy groups -OCH3 is 1. The van der Waals surface area contributed by atoms with E-state index in [9.17, 15) is 4.79 Å². The van der Waals surface area contributed by atoms with Gasteiger partial charge in [0, 0.05) is 18.4 Å². The SMILES string of the molecule is COc1cccc(CCNc2ccnc(C(=O)NCc3ccco3)c2)c1. The largest absolute Gasteiger partial charge is 0.497 e. The molecule has 0 saturated carbocycles. The first-order valence-electron chi connectivity index (χ1n) is 8.38. The summed E-state index contributed by atoms with van der Waals surface area (Å²) in [7, 11) is 1.66. The van der Waals surface area contributed by atoms with Crippen molar-refractivity contribution in [3.63, 3.8) is 0 Å². The molecule has 2 aromatic heterocycles. The Kier molecular flexibility index (Phi) is 5.88. The summed E-state index contributed by atoms with van der Waals surface area (Å²) in [6.45, 7) is 1.08. The molecule has 1 amide bonds. The van der Waals surface area contributed by atoms with Gasteiger partial charge < -0.3 is 19.8 Å². The number of amides is 1. The number of benzene rings is 1. The summed E-state index contributed by atoms with van der Waals surface area (Å²) in [5, 5.41) is 6.10. The number of carbonyl (C=O) groups is 1. The van der Waals surface area contributed by atoms with E-state index in [0.29, 0.717) is 18.0 Å². The number of anilines is 1. The van der Waals surface area contributed by atoms with Gasteiger partial charge in [-0.1, -0.05) is 12.1 Å². The molecule has 3 aromatic rings. The molecule has 0 bridgehead atoms. The molecule has 0 unspecified atom stereocenters. The van der Waals surface area contributed by atoms with Gasteiger partial charge in [-0.05, 0) is 48.4 Å². The van der Waals surface area contributed by atoms with Gasteiger partial charge in [0.1, 0.15) is 17.2 Å². The van der Waals surface area contributed by atoms with Crippen molar-refractivity contribution in [1.82, 2.24) is 10.3 Å².